The molecule has 1 N–H and O–H groups in total. The van der Waals surface area contributed by atoms with Gasteiger partial charge in [0.1, 0.15) is 0 Å². The summed E-state index contributed by atoms with van der Waals surface area (Å²) in [4.78, 5) is 0. The molecular formula is C11H25NO. The Labute approximate surface area is 83.1 Å². The quantitative estimate of drug-likeness (QED) is 0.630. The van der Waals surface area contributed by atoms with Gasteiger partial charge in [-0.05, 0) is 31.7 Å². The van der Waals surface area contributed by atoms with Crippen molar-refractivity contribution in [1.29, 1.82) is 0 Å². The molecule has 0 radical (unpaired) electrons. The fourth-order valence-corrected chi connectivity index (χ4v) is 1.58. The van der Waals surface area contributed by atoms with Crippen molar-refractivity contribution in [3.63, 3.8) is 0 Å². The third-order valence-corrected chi connectivity index (χ3v) is 2.31. The second kappa shape index (κ2) is 8.52. The van der Waals surface area contributed by atoms with Crippen LogP contribution in [-0.4, -0.2) is 26.3 Å². The van der Waals surface area contributed by atoms with Crippen molar-refractivity contribution in [1.82, 2.24) is 5.32 Å². The first-order valence-corrected chi connectivity index (χ1v) is 5.46. The lowest BCUT2D eigenvalue weighted by Gasteiger charge is -2.20. The Morgan fingerprint density at radius 1 is 1.31 bits per heavy atom. The van der Waals surface area contributed by atoms with Gasteiger partial charge in [0.15, 0.2) is 0 Å². The van der Waals surface area contributed by atoms with Crippen LogP contribution in [0, 0.1) is 5.92 Å². The molecule has 0 aromatic heterocycles. The molecule has 0 rings (SSSR count). The third kappa shape index (κ3) is 7.03. The van der Waals surface area contributed by atoms with Gasteiger partial charge in [0.25, 0.3) is 0 Å². The Kier molecular flexibility index (Phi) is 8.46. The molecule has 0 bridgehead atoms. The standard InChI is InChI=1S/C11H25NO/c1-5-7-12-11(6-2)8-10(3)9-13-4/h10-12H,5-9H2,1-4H3. The SMILES string of the molecule is CCCNC(CC)CC(C)COC. The van der Waals surface area contributed by atoms with Crippen LogP contribution >= 0.6 is 0 Å². The van der Waals surface area contributed by atoms with E-state index in [1.54, 1.807) is 7.11 Å². The maximum atomic E-state index is 5.13. The molecule has 13 heavy (non-hydrogen) atoms. The number of hydrogen-bond acceptors (Lipinski definition) is 2. The molecule has 0 aromatic carbocycles. The van der Waals surface area contributed by atoms with E-state index in [-0.39, 0.29) is 0 Å². The summed E-state index contributed by atoms with van der Waals surface area (Å²) >= 11 is 0. The zero-order chi connectivity index (χ0) is 10.1. The summed E-state index contributed by atoms with van der Waals surface area (Å²) in [6.45, 7) is 8.72. The van der Waals surface area contributed by atoms with Crippen LogP contribution in [-0.2, 0) is 4.74 Å². The van der Waals surface area contributed by atoms with Gasteiger partial charge in [-0.1, -0.05) is 20.8 Å². The first kappa shape index (κ1) is 12.9. The highest BCUT2D eigenvalue weighted by Gasteiger charge is 2.09. The van der Waals surface area contributed by atoms with E-state index >= 15 is 0 Å². The van der Waals surface area contributed by atoms with Gasteiger partial charge in [-0.15, -0.1) is 0 Å². The zero-order valence-electron chi connectivity index (χ0n) is 9.60. The molecule has 0 aliphatic rings. The minimum absolute atomic E-state index is 0.666. The van der Waals surface area contributed by atoms with E-state index in [1.807, 2.05) is 0 Å². The van der Waals surface area contributed by atoms with Gasteiger partial charge in [0.2, 0.25) is 0 Å². The maximum Gasteiger partial charge on any atom is 0.0488 e. The minimum Gasteiger partial charge on any atom is -0.384 e. The van der Waals surface area contributed by atoms with E-state index in [4.69, 9.17) is 4.74 Å². The largest absolute Gasteiger partial charge is 0.384 e. The summed E-state index contributed by atoms with van der Waals surface area (Å²) in [5, 5.41) is 3.55. The van der Waals surface area contributed by atoms with Gasteiger partial charge in [0, 0.05) is 19.8 Å². The molecule has 2 unspecified atom stereocenters. The monoisotopic (exact) mass is 187 g/mol. The summed E-state index contributed by atoms with van der Waals surface area (Å²) in [5.41, 5.74) is 0. The maximum absolute atomic E-state index is 5.13. The van der Waals surface area contributed by atoms with E-state index in [9.17, 15) is 0 Å². The van der Waals surface area contributed by atoms with Crippen molar-refractivity contribution in [3.8, 4) is 0 Å². The van der Waals surface area contributed by atoms with Gasteiger partial charge in [-0.2, -0.15) is 0 Å². The van der Waals surface area contributed by atoms with Crippen molar-refractivity contribution < 1.29 is 4.74 Å². The van der Waals surface area contributed by atoms with Crippen LogP contribution in [0.25, 0.3) is 0 Å². The van der Waals surface area contributed by atoms with E-state index in [0.29, 0.717) is 12.0 Å². The summed E-state index contributed by atoms with van der Waals surface area (Å²) in [7, 11) is 1.77. The van der Waals surface area contributed by atoms with Gasteiger partial charge < -0.3 is 10.1 Å². The Hall–Kier alpha value is -0.0800. The number of ether oxygens (including phenoxy) is 1. The van der Waals surface area contributed by atoms with Gasteiger partial charge in [0.05, 0.1) is 0 Å². The number of nitrogens with one attached hydrogen (secondary N) is 1. The molecule has 80 valence electrons. The van der Waals surface area contributed by atoms with Crippen molar-refractivity contribution >= 4 is 0 Å². The Morgan fingerprint density at radius 3 is 2.46 bits per heavy atom. The smallest absolute Gasteiger partial charge is 0.0488 e. The fourth-order valence-electron chi connectivity index (χ4n) is 1.58. The van der Waals surface area contributed by atoms with Crippen LogP contribution in [0.1, 0.15) is 40.0 Å². The molecule has 2 nitrogen and oxygen atoms in total. The highest BCUT2D eigenvalue weighted by molar-refractivity contribution is 4.67. The average Bonchev–Trinajstić information content (AvgIpc) is 2.12. The fraction of sp³-hybridized carbons (Fsp3) is 1.00. The van der Waals surface area contributed by atoms with Crippen LogP contribution in [0.4, 0.5) is 0 Å². The lowest BCUT2D eigenvalue weighted by Crippen LogP contribution is -2.31. The molecule has 0 heterocycles. The highest BCUT2D eigenvalue weighted by atomic mass is 16.5. The predicted octanol–water partition coefficient (Wildman–Crippen LogP) is 2.44. The van der Waals surface area contributed by atoms with Gasteiger partial charge in [-0.25, -0.2) is 0 Å². The Balaban J connectivity index is 3.56. The molecule has 0 aliphatic heterocycles. The normalized spacial score (nSPS) is 15.7. The van der Waals surface area contributed by atoms with Crippen LogP contribution in [0.2, 0.25) is 0 Å². The summed E-state index contributed by atoms with van der Waals surface area (Å²) in [6, 6.07) is 0.671. The Bertz CT molecular complexity index is 106. The summed E-state index contributed by atoms with van der Waals surface area (Å²) < 4.78 is 5.13. The summed E-state index contributed by atoms with van der Waals surface area (Å²) in [5.74, 6) is 0.666. The number of rotatable bonds is 8. The second-order valence-corrected chi connectivity index (χ2v) is 3.86. The molecule has 2 atom stereocenters. The van der Waals surface area contributed by atoms with Gasteiger partial charge >= 0.3 is 0 Å². The third-order valence-electron chi connectivity index (χ3n) is 2.31. The van der Waals surface area contributed by atoms with Crippen LogP contribution in [0.15, 0.2) is 0 Å². The molecule has 0 saturated carbocycles. The lowest BCUT2D eigenvalue weighted by atomic mass is 10.0. The molecule has 0 amide bonds. The van der Waals surface area contributed by atoms with Crippen molar-refractivity contribution in [2.45, 2.75) is 46.1 Å². The predicted molar refractivity (Wildman–Crippen MR) is 58.0 cm³/mol. The Morgan fingerprint density at radius 2 is 2.00 bits per heavy atom. The van der Waals surface area contributed by atoms with E-state index < -0.39 is 0 Å². The molecule has 0 fully saturated rings. The highest BCUT2D eigenvalue weighted by Crippen LogP contribution is 2.08. The van der Waals surface area contributed by atoms with Crippen LogP contribution < -0.4 is 5.32 Å². The van der Waals surface area contributed by atoms with E-state index in [1.165, 1.54) is 19.3 Å². The van der Waals surface area contributed by atoms with Crippen molar-refractivity contribution in [3.05, 3.63) is 0 Å². The molecular weight excluding hydrogens is 162 g/mol. The number of methoxy groups -OCH3 is 1. The first-order chi connectivity index (χ1) is 6.24. The average molecular weight is 187 g/mol. The molecule has 0 aromatic rings. The molecule has 2 heteroatoms. The first-order valence-electron chi connectivity index (χ1n) is 5.46. The summed E-state index contributed by atoms with van der Waals surface area (Å²) in [6.07, 6.45) is 3.66. The van der Waals surface area contributed by atoms with Gasteiger partial charge in [-0.3, -0.25) is 0 Å². The van der Waals surface area contributed by atoms with Crippen LogP contribution in [0.5, 0.6) is 0 Å². The van der Waals surface area contributed by atoms with Crippen molar-refractivity contribution in [2.24, 2.45) is 5.92 Å². The second-order valence-electron chi connectivity index (χ2n) is 3.86. The van der Waals surface area contributed by atoms with Crippen molar-refractivity contribution in [2.75, 3.05) is 20.3 Å². The molecule has 0 spiro atoms. The molecule has 0 aliphatic carbocycles. The minimum atomic E-state index is 0.666. The molecule has 0 saturated heterocycles. The van der Waals surface area contributed by atoms with E-state index in [0.717, 1.165) is 13.2 Å². The topological polar surface area (TPSA) is 21.3 Å². The number of hydrogen-bond donors (Lipinski definition) is 1. The lowest BCUT2D eigenvalue weighted by molar-refractivity contribution is 0.149. The van der Waals surface area contributed by atoms with E-state index in [2.05, 4.69) is 26.1 Å². The van der Waals surface area contributed by atoms with Crippen LogP contribution in [0.3, 0.4) is 0 Å². The zero-order valence-corrected chi connectivity index (χ0v) is 9.60.